The summed E-state index contributed by atoms with van der Waals surface area (Å²) in [6.07, 6.45) is 3.91. The molecule has 0 bridgehead atoms. The predicted molar refractivity (Wildman–Crippen MR) is 79.2 cm³/mol. The molecule has 1 aromatic rings. The van der Waals surface area contributed by atoms with E-state index in [9.17, 15) is 4.79 Å². The molecule has 1 unspecified atom stereocenters. The molecule has 104 valence electrons. The molecule has 0 aliphatic heterocycles. The van der Waals surface area contributed by atoms with Crippen LogP contribution in [0.5, 0.6) is 0 Å². The molecular formula is C13H17BrN2O2S. The van der Waals surface area contributed by atoms with Gasteiger partial charge in [0.1, 0.15) is 5.54 Å². The zero-order valence-corrected chi connectivity index (χ0v) is 13.4. The molecule has 19 heavy (non-hydrogen) atoms. The first-order chi connectivity index (χ1) is 9.12. The van der Waals surface area contributed by atoms with Crippen LogP contribution in [0.1, 0.15) is 12.8 Å². The summed E-state index contributed by atoms with van der Waals surface area (Å²) in [7, 11) is 3.27. The van der Waals surface area contributed by atoms with Crippen LogP contribution in [-0.4, -0.2) is 36.4 Å². The van der Waals surface area contributed by atoms with E-state index in [1.165, 1.54) is 7.11 Å². The van der Waals surface area contributed by atoms with Gasteiger partial charge in [-0.05, 0) is 53.9 Å². The topological polar surface area (TPSA) is 51.2 Å². The average molecular weight is 345 g/mol. The molecule has 0 amide bonds. The number of nitrogens with zero attached hydrogens (tertiary/aromatic N) is 1. The van der Waals surface area contributed by atoms with Crippen LogP contribution in [0.25, 0.3) is 0 Å². The van der Waals surface area contributed by atoms with Gasteiger partial charge in [0, 0.05) is 16.4 Å². The number of halogens is 1. The number of nitrogens with one attached hydrogen (secondary N) is 1. The highest BCUT2D eigenvalue weighted by atomic mass is 79.9. The van der Waals surface area contributed by atoms with Crippen molar-refractivity contribution < 1.29 is 9.53 Å². The van der Waals surface area contributed by atoms with E-state index in [1.807, 2.05) is 19.2 Å². The fraction of sp³-hybridized carbons (Fsp3) is 0.538. The molecule has 1 heterocycles. The Morgan fingerprint density at radius 1 is 1.63 bits per heavy atom. The van der Waals surface area contributed by atoms with Crippen LogP contribution in [0, 0.1) is 5.92 Å². The van der Waals surface area contributed by atoms with Crippen molar-refractivity contribution in [3.8, 4) is 0 Å². The molecule has 4 nitrogen and oxygen atoms in total. The Hall–Kier alpha value is -0.590. The molecule has 1 aliphatic carbocycles. The van der Waals surface area contributed by atoms with Crippen LogP contribution in [0.4, 0.5) is 0 Å². The minimum Gasteiger partial charge on any atom is -0.468 e. The third-order valence-corrected chi connectivity index (χ3v) is 5.02. The van der Waals surface area contributed by atoms with Crippen LogP contribution in [0.15, 0.2) is 27.8 Å². The highest BCUT2D eigenvalue weighted by molar-refractivity contribution is 9.10. The van der Waals surface area contributed by atoms with Crippen LogP contribution < -0.4 is 5.32 Å². The van der Waals surface area contributed by atoms with E-state index < -0.39 is 5.54 Å². The summed E-state index contributed by atoms with van der Waals surface area (Å²) in [5.74, 6) is 0.824. The minimum absolute atomic E-state index is 0.179. The lowest BCUT2D eigenvalue weighted by atomic mass is 9.96. The van der Waals surface area contributed by atoms with Crippen LogP contribution in [0.2, 0.25) is 0 Å². The molecule has 1 saturated carbocycles. The zero-order valence-electron chi connectivity index (χ0n) is 11.0. The Kier molecular flexibility index (Phi) is 4.86. The van der Waals surface area contributed by atoms with Crippen molar-refractivity contribution in [1.29, 1.82) is 0 Å². The van der Waals surface area contributed by atoms with Crippen LogP contribution in [-0.2, 0) is 9.53 Å². The summed E-state index contributed by atoms with van der Waals surface area (Å²) in [6, 6.07) is 3.89. The molecule has 0 saturated heterocycles. The summed E-state index contributed by atoms with van der Waals surface area (Å²) in [6.45, 7) is 0. The van der Waals surface area contributed by atoms with E-state index in [-0.39, 0.29) is 5.97 Å². The molecule has 2 rings (SSSR count). The number of likely N-dealkylation sites (N-methyl/N-ethyl adjacent to an activating group) is 1. The number of rotatable bonds is 6. The van der Waals surface area contributed by atoms with Crippen molar-refractivity contribution in [2.45, 2.75) is 23.4 Å². The lowest BCUT2D eigenvalue weighted by Crippen LogP contribution is -2.55. The fourth-order valence-corrected chi connectivity index (χ4v) is 3.51. The summed E-state index contributed by atoms with van der Waals surface area (Å²) >= 11 is 4.94. The van der Waals surface area contributed by atoms with Gasteiger partial charge in [0.05, 0.1) is 12.1 Å². The third kappa shape index (κ3) is 3.30. The second-order valence-electron chi connectivity index (χ2n) is 4.59. The minimum atomic E-state index is -0.589. The highest BCUT2D eigenvalue weighted by Gasteiger charge is 2.50. The van der Waals surface area contributed by atoms with Crippen molar-refractivity contribution in [2.24, 2.45) is 5.92 Å². The number of hydrogen-bond acceptors (Lipinski definition) is 5. The van der Waals surface area contributed by atoms with Gasteiger partial charge in [-0.15, -0.1) is 11.8 Å². The quantitative estimate of drug-likeness (QED) is 0.634. The van der Waals surface area contributed by atoms with E-state index in [0.29, 0.717) is 11.7 Å². The van der Waals surface area contributed by atoms with Crippen molar-refractivity contribution in [3.05, 3.63) is 22.8 Å². The zero-order chi connectivity index (χ0) is 13.9. The first-order valence-electron chi connectivity index (χ1n) is 6.14. The fourth-order valence-electron chi connectivity index (χ4n) is 2.12. The standard InChI is InChI=1S/C13H17BrN2O2S/c1-15-13(9-3-4-9,12(17)18-2)8-19-11-6-5-10(14)7-16-11/h5-7,9,15H,3-4,8H2,1-2H3. The smallest absolute Gasteiger partial charge is 0.327 e. The van der Waals surface area contributed by atoms with E-state index in [4.69, 9.17) is 4.74 Å². The molecular weight excluding hydrogens is 328 g/mol. The number of methoxy groups -OCH3 is 1. The number of esters is 1. The van der Waals surface area contributed by atoms with Gasteiger partial charge in [0.15, 0.2) is 0 Å². The van der Waals surface area contributed by atoms with Crippen LogP contribution >= 0.6 is 27.7 Å². The number of ether oxygens (including phenoxy) is 1. The van der Waals surface area contributed by atoms with Crippen molar-refractivity contribution >= 4 is 33.7 Å². The predicted octanol–water partition coefficient (Wildman–Crippen LogP) is 2.48. The molecule has 1 fully saturated rings. The Morgan fingerprint density at radius 3 is 2.84 bits per heavy atom. The maximum Gasteiger partial charge on any atom is 0.327 e. The number of hydrogen-bond donors (Lipinski definition) is 1. The second-order valence-corrected chi connectivity index (χ2v) is 6.50. The maximum atomic E-state index is 12.1. The SMILES string of the molecule is CNC(CSc1ccc(Br)cn1)(C(=O)OC)C1CC1. The van der Waals surface area contributed by atoms with E-state index in [1.54, 1.807) is 18.0 Å². The van der Waals surface area contributed by atoms with Crippen molar-refractivity contribution in [1.82, 2.24) is 10.3 Å². The number of carbonyl (C=O) groups excluding carboxylic acids is 1. The van der Waals surface area contributed by atoms with Gasteiger partial charge in [-0.3, -0.25) is 4.79 Å². The number of carbonyl (C=O) groups is 1. The molecule has 0 radical (unpaired) electrons. The molecule has 0 spiro atoms. The first-order valence-corrected chi connectivity index (χ1v) is 7.92. The van der Waals surface area contributed by atoms with Gasteiger partial charge in [-0.2, -0.15) is 0 Å². The van der Waals surface area contributed by atoms with Gasteiger partial charge >= 0.3 is 5.97 Å². The molecule has 6 heteroatoms. The van der Waals surface area contributed by atoms with E-state index in [2.05, 4.69) is 26.2 Å². The normalized spacial score (nSPS) is 17.8. The summed E-state index contributed by atoms with van der Waals surface area (Å²) in [5.41, 5.74) is -0.589. The third-order valence-electron chi connectivity index (χ3n) is 3.42. The number of pyridine rings is 1. The Bertz CT molecular complexity index is 450. The van der Waals surface area contributed by atoms with Gasteiger partial charge in [-0.25, -0.2) is 4.98 Å². The molecule has 1 atom stereocenters. The number of thioether (sulfide) groups is 1. The van der Waals surface area contributed by atoms with Gasteiger partial charge in [0.25, 0.3) is 0 Å². The van der Waals surface area contributed by atoms with Gasteiger partial charge in [-0.1, -0.05) is 0 Å². The average Bonchev–Trinajstić information content (AvgIpc) is 3.26. The second kappa shape index (κ2) is 6.24. The monoisotopic (exact) mass is 344 g/mol. The highest BCUT2D eigenvalue weighted by Crippen LogP contribution is 2.42. The molecule has 1 aromatic heterocycles. The van der Waals surface area contributed by atoms with Gasteiger partial charge in [0.2, 0.25) is 0 Å². The van der Waals surface area contributed by atoms with Crippen molar-refractivity contribution in [2.75, 3.05) is 19.9 Å². The largest absolute Gasteiger partial charge is 0.468 e. The van der Waals surface area contributed by atoms with Crippen LogP contribution in [0.3, 0.4) is 0 Å². The summed E-state index contributed by atoms with van der Waals surface area (Å²) in [4.78, 5) is 16.4. The molecule has 1 N–H and O–H groups in total. The number of aromatic nitrogens is 1. The Morgan fingerprint density at radius 2 is 2.37 bits per heavy atom. The Balaban J connectivity index is 2.08. The van der Waals surface area contributed by atoms with Crippen molar-refractivity contribution in [3.63, 3.8) is 0 Å². The molecule has 1 aliphatic rings. The maximum absolute atomic E-state index is 12.1. The lowest BCUT2D eigenvalue weighted by Gasteiger charge is -2.30. The molecule has 0 aromatic carbocycles. The van der Waals surface area contributed by atoms with E-state index in [0.717, 1.165) is 22.3 Å². The summed E-state index contributed by atoms with van der Waals surface area (Å²) in [5, 5.41) is 4.09. The summed E-state index contributed by atoms with van der Waals surface area (Å²) < 4.78 is 5.92. The first kappa shape index (κ1) is 14.8. The van der Waals surface area contributed by atoms with Gasteiger partial charge < -0.3 is 10.1 Å². The lowest BCUT2D eigenvalue weighted by molar-refractivity contribution is -0.148. The van der Waals surface area contributed by atoms with E-state index >= 15 is 0 Å². The Labute approximate surface area is 125 Å².